The molecule has 2 aliphatic rings. The molecule has 0 spiro atoms. The summed E-state index contributed by atoms with van der Waals surface area (Å²) in [6.07, 6.45) is 0. The highest BCUT2D eigenvalue weighted by Gasteiger charge is 2.49. The lowest BCUT2D eigenvalue weighted by molar-refractivity contribution is -0.129. The van der Waals surface area contributed by atoms with Crippen LogP contribution < -0.4 is 5.01 Å². The predicted octanol–water partition coefficient (Wildman–Crippen LogP) is 1.28. The summed E-state index contributed by atoms with van der Waals surface area (Å²) in [5.41, 5.74) is 2.39. The molecule has 0 bridgehead atoms. The van der Waals surface area contributed by atoms with Crippen molar-refractivity contribution in [2.75, 3.05) is 19.1 Å². The predicted molar refractivity (Wildman–Crippen MR) is 75.5 cm³/mol. The van der Waals surface area contributed by atoms with Crippen molar-refractivity contribution in [3.8, 4) is 0 Å². The third-order valence-corrected chi connectivity index (χ3v) is 3.53. The topological polar surface area (TPSA) is 56.2 Å². The summed E-state index contributed by atoms with van der Waals surface area (Å²) in [6.45, 7) is 3.58. The lowest BCUT2D eigenvalue weighted by Gasteiger charge is -2.35. The van der Waals surface area contributed by atoms with Gasteiger partial charge in [-0.2, -0.15) is 5.01 Å². The van der Waals surface area contributed by atoms with Crippen molar-refractivity contribution in [2.24, 2.45) is 10.9 Å². The number of guanidine groups is 1. The van der Waals surface area contributed by atoms with Crippen LogP contribution in [0, 0.1) is 12.8 Å². The zero-order chi connectivity index (χ0) is 14.6. The molecule has 1 atom stereocenters. The minimum absolute atomic E-state index is 0.212. The fourth-order valence-electron chi connectivity index (χ4n) is 2.43. The molecule has 3 rings (SSSR count). The number of aliphatic imine (C=N–C) groups is 1. The van der Waals surface area contributed by atoms with Gasteiger partial charge in [0.1, 0.15) is 5.92 Å². The van der Waals surface area contributed by atoms with Crippen LogP contribution in [0.4, 0.5) is 11.4 Å². The summed E-state index contributed by atoms with van der Waals surface area (Å²) in [5, 5.41) is 2.81. The smallest absolute Gasteiger partial charge is 0.261 e. The minimum atomic E-state index is -0.674. The average molecular weight is 272 g/mol. The third-order valence-electron chi connectivity index (χ3n) is 3.53. The fourth-order valence-corrected chi connectivity index (χ4v) is 2.43. The molecule has 0 aromatic heterocycles. The molecular weight excluding hydrogens is 256 g/mol. The molecule has 20 heavy (non-hydrogen) atoms. The van der Waals surface area contributed by atoms with E-state index in [1.165, 1.54) is 10.0 Å². The van der Waals surface area contributed by atoms with E-state index in [1.807, 2.05) is 25.1 Å². The van der Waals surface area contributed by atoms with Crippen molar-refractivity contribution in [3.63, 3.8) is 0 Å². The molecule has 1 saturated heterocycles. The number of carbonyl (C=O) groups is 2. The number of nitrogens with zero attached hydrogens (tertiary/aromatic N) is 4. The van der Waals surface area contributed by atoms with Crippen LogP contribution in [0.5, 0.6) is 0 Å². The SMILES string of the molecule is Cc1ccc2c(c1)N1C(=O)C(C)C(=O)N1C(N(C)C)=N2. The fraction of sp³-hybridized carbons (Fsp3) is 0.357. The summed E-state index contributed by atoms with van der Waals surface area (Å²) in [7, 11) is 3.61. The van der Waals surface area contributed by atoms with Gasteiger partial charge in [-0.1, -0.05) is 6.07 Å². The molecule has 1 fully saturated rings. The first-order valence-electron chi connectivity index (χ1n) is 6.46. The Hall–Kier alpha value is -2.37. The van der Waals surface area contributed by atoms with E-state index in [9.17, 15) is 9.59 Å². The number of amides is 2. The van der Waals surface area contributed by atoms with Gasteiger partial charge >= 0.3 is 0 Å². The Balaban J connectivity index is 2.25. The van der Waals surface area contributed by atoms with Gasteiger partial charge in [0.15, 0.2) is 0 Å². The Kier molecular flexibility index (Phi) is 2.57. The first kappa shape index (κ1) is 12.7. The maximum atomic E-state index is 12.4. The van der Waals surface area contributed by atoms with Crippen LogP contribution >= 0.6 is 0 Å². The molecule has 2 aliphatic heterocycles. The Bertz CT molecular complexity index is 651. The van der Waals surface area contributed by atoms with Crippen molar-refractivity contribution in [1.29, 1.82) is 0 Å². The van der Waals surface area contributed by atoms with Crippen LogP contribution in [0.1, 0.15) is 12.5 Å². The largest absolute Gasteiger partial charge is 0.347 e. The molecule has 104 valence electrons. The summed E-state index contributed by atoms with van der Waals surface area (Å²) >= 11 is 0. The maximum absolute atomic E-state index is 12.4. The molecule has 6 nitrogen and oxygen atoms in total. The van der Waals surface area contributed by atoms with Crippen molar-refractivity contribution in [3.05, 3.63) is 23.8 Å². The number of hydrogen-bond donors (Lipinski definition) is 0. The van der Waals surface area contributed by atoms with Crippen molar-refractivity contribution >= 4 is 29.1 Å². The highest BCUT2D eigenvalue weighted by Crippen LogP contribution is 2.39. The van der Waals surface area contributed by atoms with Crippen molar-refractivity contribution in [2.45, 2.75) is 13.8 Å². The Morgan fingerprint density at radius 2 is 1.80 bits per heavy atom. The zero-order valence-electron chi connectivity index (χ0n) is 11.9. The van der Waals surface area contributed by atoms with Gasteiger partial charge in [0.2, 0.25) is 5.96 Å². The Labute approximate surface area is 117 Å². The lowest BCUT2D eigenvalue weighted by atomic mass is 10.1. The summed E-state index contributed by atoms with van der Waals surface area (Å²) in [5.74, 6) is -0.665. The Morgan fingerprint density at radius 1 is 1.15 bits per heavy atom. The quantitative estimate of drug-likeness (QED) is 0.669. The van der Waals surface area contributed by atoms with E-state index in [0.29, 0.717) is 17.3 Å². The molecule has 2 amide bonds. The monoisotopic (exact) mass is 272 g/mol. The van der Waals surface area contributed by atoms with Gasteiger partial charge < -0.3 is 4.90 Å². The van der Waals surface area contributed by atoms with Gasteiger partial charge in [-0.25, -0.2) is 10.0 Å². The van der Waals surface area contributed by atoms with Crippen LogP contribution in [0.3, 0.4) is 0 Å². The maximum Gasteiger partial charge on any atom is 0.261 e. The van der Waals surface area contributed by atoms with E-state index in [-0.39, 0.29) is 11.8 Å². The van der Waals surface area contributed by atoms with Gasteiger partial charge in [0.25, 0.3) is 11.8 Å². The molecule has 6 heteroatoms. The first-order valence-corrected chi connectivity index (χ1v) is 6.46. The van der Waals surface area contributed by atoms with Gasteiger partial charge in [-0.05, 0) is 31.5 Å². The molecule has 1 aromatic carbocycles. The molecule has 2 heterocycles. The first-order chi connectivity index (χ1) is 9.41. The Morgan fingerprint density at radius 3 is 2.45 bits per heavy atom. The second-order valence-corrected chi connectivity index (χ2v) is 5.32. The highest BCUT2D eigenvalue weighted by molar-refractivity contribution is 6.22. The third kappa shape index (κ3) is 1.54. The molecule has 0 aliphatic carbocycles. The number of rotatable bonds is 0. The lowest BCUT2D eigenvalue weighted by Crippen LogP contribution is -2.52. The van der Waals surface area contributed by atoms with Gasteiger partial charge in [0.05, 0.1) is 11.4 Å². The number of benzene rings is 1. The second kappa shape index (κ2) is 4.06. The van der Waals surface area contributed by atoms with Crippen LogP contribution in [0.25, 0.3) is 0 Å². The van der Waals surface area contributed by atoms with E-state index >= 15 is 0 Å². The van der Waals surface area contributed by atoms with Crippen LogP contribution in [-0.4, -0.2) is 41.8 Å². The number of hydrazine groups is 1. The van der Waals surface area contributed by atoms with Crippen molar-refractivity contribution in [1.82, 2.24) is 9.91 Å². The standard InChI is InChI=1S/C14H16N4O2/c1-8-5-6-10-11(7-8)17-12(19)9(2)13(20)18(17)14(15-10)16(3)4/h5-7,9H,1-4H3. The van der Waals surface area contributed by atoms with E-state index in [4.69, 9.17) is 0 Å². The second-order valence-electron chi connectivity index (χ2n) is 5.32. The number of anilines is 1. The molecule has 1 unspecified atom stereocenters. The normalized spacial score (nSPS) is 20.8. The van der Waals surface area contributed by atoms with Gasteiger partial charge in [-0.15, -0.1) is 0 Å². The van der Waals surface area contributed by atoms with Crippen LogP contribution in [0.15, 0.2) is 23.2 Å². The summed E-state index contributed by atoms with van der Waals surface area (Å²) < 4.78 is 0. The molecule has 0 N–H and O–H groups in total. The van der Waals surface area contributed by atoms with E-state index < -0.39 is 5.92 Å². The van der Waals surface area contributed by atoms with Gasteiger partial charge in [0, 0.05) is 14.1 Å². The van der Waals surface area contributed by atoms with E-state index in [1.54, 1.807) is 25.9 Å². The van der Waals surface area contributed by atoms with Gasteiger partial charge in [-0.3, -0.25) is 9.59 Å². The molecule has 1 aromatic rings. The average Bonchev–Trinajstić information content (AvgIpc) is 2.63. The molecular formula is C14H16N4O2. The minimum Gasteiger partial charge on any atom is -0.347 e. The molecule has 0 radical (unpaired) electrons. The number of aryl methyl sites for hydroxylation is 1. The van der Waals surface area contributed by atoms with E-state index in [2.05, 4.69) is 4.99 Å². The number of hydrogen-bond acceptors (Lipinski definition) is 4. The van der Waals surface area contributed by atoms with Crippen LogP contribution in [0.2, 0.25) is 0 Å². The summed E-state index contributed by atoms with van der Waals surface area (Å²) in [4.78, 5) is 30.9. The van der Waals surface area contributed by atoms with Crippen molar-refractivity contribution < 1.29 is 9.59 Å². The van der Waals surface area contributed by atoms with E-state index in [0.717, 1.165) is 5.56 Å². The number of fused-ring (bicyclic) bond motifs is 3. The zero-order valence-corrected chi connectivity index (χ0v) is 11.9. The highest BCUT2D eigenvalue weighted by atomic mass is 16.2. The van der Waals surface area contributed by atoms with Crippen LogP contribution in [-0.2, 0) is 9.59 Å². The summed E-state index contributed by atoms with van der Waals surface area (Å²) in [6, 6.07) is 5.69. The molecule has 0 saturated carbocycles. The number of carbonyl (C=O) groups excluding carboxylic acids is 2.